The van der Waals surface area contributed by atoms with Gasteiger partial charge in [0.05, 0.1) is 10.2 Å². The van der Waals surface area contributed by atoms with Gasteiger partial charge >= 0.3 is 0 Å². The number of aromatic nitrogens is 1. The fourth-order valence-corrected chi connectivity index (χ4v) is 3.54. The van der Waals surface area contributed by atoms with E-state index < -0.39 is 0 Å². The normalized spacial score (nSPS) is 11.0. The second-order valence-electron chi connectivity index (χ2n) is 5.07. The van der Waals surface area contributed by atoms with E-state index in [-0.39, 0.29) is 0 Å². The molecular weight excluding hydrogens is 310 g/mol. The molecule has 0 atom stereocenters. The van der Waals surface area contributed by atoms with E-state index in [0.29, 0.717) is 0 Å². The van der Waals surface area contributed by atoms with Gasteiger partial charge in [0.15, 0.2) is 0 Å². The Morgan fingerprint density at radius 3 is 1.95 bits per heavy atom. The Kier molecular flexibility index (Phi) is 3.41. The van der Waals surface area contributed by atoms with Gasteiger partial charge in [-0.1, -0.05) is 60.1 Å². The number of thiazole rings is 1. The van der Waals surface area contributed by atoms with Crippen molar-refractivity contribution in [3.05, 3.63) is 77.8 Å². The maximum atomic E-state index is 5.94. The highest BCUT2D eigenvalue weighted by molar-refractivity contribution is 7.21. The second-order valence-corrected chi connectivity index (χ2v) is 6.54. The molecule has 0 aliphatic heterocycles. The van der Waals surface area contributed by atoms with Crippen LogP contribution < -0.4 is 0 Å². The first-order valence-corrected chi connectivity index (χ1v) is 8.21. The fraction of sp³-hybridized carbons (Fsp3) is 0. The molecule has 22 heavy (non-hydrogen) atoms. The summed E-state index contributed by atoms with van der Waals surface area (Å²) in [6, 6.07) is 24.7. The smallest absolute Gasteiger partial charge is 0.124 e. The van der Waals surface area contributed by atoms with Crippen LogP contribution in [0, 0.1) is 0 Å². The zero-order valence-corrected chi connectivity index (χ0v) is 13.2. The molecule has 0 amide bonds. The SMILES string of the molecule is Clc1ccc(-c2ccc(-c3nc4ccccc4s3)cc2)cc1. The predicted molar refractivity (Wildman–Crippen MR) is 95.5 cm³/mol. The third-order valence-corrected chi connectivity index (χ3v) is 4.94. The lowest BCUT2D eigenvalue weighted by Crippen LogP contribution is -1.79. The third-order valence-electron chi connectivity index (χ3n) is 3.60. The van der Waals surface area contributed by atoms with Gasteiger partial charge in [0.2, 0.25) is 0 Å². The Morgan fingerprint density at radius 2 is 1.27 bits per heavy atom. The molecule has 0 aliphatic carbocycles. The molecule has 106 valence electrons. The average Bonchev–Trinajstić information content (AvgIpc) is 3.00. The van der Waals surface area contributed by atoms with Gasteiger partial charge in [-0.25, -0.2) is 4.98 Å². The highest BCUT2D eigenvalue weighted by atomic mass is 35.5. The molecule has 0 saturated carbocycles. The monoisotopic (exact) mass is 321 g/mol. The van der Waals surface area contributed by atoms with E-state index in [2.05, 4.69) is 36.4 Å². The molecule has 3 aromatic carbocycles. The average molecular weight is 322 g/mol. The van der Waals surface area contributed by atoms with Crippen LogP contribution in [-0.4, -0.2) is 4.98 Å². The van der Waals surface area contributed by atoms with Gasteiger partial charge in [0.25, 0.3) is 0 Å². The van der Waals surface area contributed by atoms with Gasteiger partial charge in [-0.05, 0) is 35.4 Å². The van der Waals surface area contributed by atoms with Crippen molar-refractivity contribution in [3.8, 4) is 21.7 Å². The van der Waals surface area contributed by atoms with Crippen LogP contribution in [0.1, 0.15) is 0 Å². The Hall–Kier alpha value is -2.16. The minimum absolute atomic E-state index is 0.759. The van der Waals surface area contributed by atoms with Crippen molar-refractivity contribution in [2.24, 2.45) is 0 Å². The molecule has 0 N–H and O–H groups in total. The van der Waals surface area contributed by atoms with Crippen molar-refractivity contribution in [3.63, 3.8) is 0 Å². The number of para-hydroxylation sites is 1. The van der Waals surface area contributed by atoms with E-state index in [4.69, 9.17) is 16.6 Å². The number of hydrogen-bond donors (Lipinski definition) is 0. The van der Waals surface area contributed by atoms with E-state index in [1.165, 1.54) is 15.8 Å². The highest BCUT2D eigenvalue weighted by Gasteiger charge is 2.06. The van der Waals surface area contributed by atoms with Crippen LogP contribution in [0.25, 0.3) is 31.9 Å². The summed E-state index contributed by atoms with van der Waals surface area (Å²) in [4.78, 5) is 4.70. The van der Waals surface area contributed by atoms with Gasteiger partial charge in [-0.15, -0.1) is 11.3 Å². The summed E-state index contributed by atoms with van der Waals surface area (Å²) in [5, 5.41) is 1.82. The number of hydrogen-bond acceptors (Lipinski definition) is 2. The summed E-state index contributed by atoms with van der Waals surface area (Å²) in [6.45, 7) is 0. The van der Waals surface area contributed by atoms with Crippen molar-refractivity contribution >= 4 is 33.2 Å². The summed E-state index contributed by atoms with van der Waals surface area (Å²) in [5.74, 6) is 0. The largest absolute Gasteiger partial charge is 0.236 e. The topological polar surface area (TPSA) is 12.9 Å². The summed E-state index contributed by atoms with van der Waals surface area (Å²) in [7, 11) is 0. The molecule has 1 aromatic heterocycles. The Morgan fingerprint density at radius 1 is 0.682 bits per heavy atom. The first-order valence-electron chi connectivity index (χ1n) is 7.01. The number of halogens is 1. The van der Waals surface area contributed by atoms with Crippen LogP contribution in [0.2, 0.25) is 5.02 Å². The van der Waals surface area contributed by atoms with Crippen LogP contribution in [0.4, 0.5) is 0 Å². The Balaban J connectivity index is 1.70. The quantitative estimate of drug-likeness (QED) is 0.423. The summed E-state index contributed by atoms with van der Waals surface area (Å²) >= 11 is 7.66. The third kappa shape index (κ3) is 2.52. The lowest BCUT2D eigenvalue weighted by Gasteiger charge is -2.03. The standard InChI is InChI=1S/C19H12ClNS/c20-16-11-9-14(10-12-16)13-5-7-15(8-6-13)19-21-17-3-1-2-4-18(17)22-19/h1-12H. The molecule has 0 unspecified atom stereocenters. The van der Waals surface area contributed by atoms with Crippen molar-refractivity contribution in [1.82, 2.24) is 4.98 Å². The van der Waals surface area contributed by atoms with Crippen LogP contribution in [0.3, 0.4) is 0 Å². The zero-order valence-electron chi connectivity index (χ0n) is 11.7. The van der Waals surface area contributed by atoms with Crippen molar-refractivity contribution in [2.45, 2.75) is 0 Å². The van der Waals surface area contributed by atoms with Gasteiger partial charge in [-0.2, -0.15) is 0 Å². The lowest BCUT2D eigenvalue weighted by atomic mass is 10.0. The van der Waals surface area contributed by atoms with Crippen molar-refractivity contribution in [1.29, 1.82) is 0 Å². The molecule has 0 bridgehead atoms. The summed E-state index contributed by atoms with van der Waals surface area (Å²) in [5.41, 5.74) is 4.56. The number of rotatable bonds is 2. The van der Waals surface area contributed by atoms with Gasteiger partial charge in [0.1, 0.15) is 5.01 Å². The number of benzene rings is 3. The highest BCUT2D eigenvalue weighted by Crippen LogP contribution is 2.31. The van der Waals surface area contributed by atoms with E-state index in [1.807, 2.05) is 36.4 Å². The molecule has 0 aliphatic rings. The van der Waals surface area contributed by atoms with Crippen LogP contribution in [-0.2, 0) is 0 Å². The maximum Gasteiger partial charge on any atom is 0.124 e. The van der Waals surface area contributed by atoms with E-state index in [9.17, 15) is 0 Å². The molecule has 4 rings (SSSR count). The number of nitrogens with zero attached hydrogens (tertiary/aromatic N) is 1. The lowest BCUT2D eigenvalue weighted by molar-refractivity contribution is 1.47. The van der Waals surface area contributed by atoms with E-state index in [1.54, 1.807) is 11.3 Å². The first kappa shape index (κ1) is 13.5. The Bertz CT molecular complexity index is 891. The van der Waals surface area contributed by atoms with Gasteiger partial charge < -0.3 is 0 Å². The van der Waals surface area contributed by atoms with Gasteiger partial charge in [0, 0.05) is 10.6 Å². The molecule has 1 heterocycles. The van der Waals surface area contributed by atoms with Crippen LogP contribution in [0.15, 0.2) is 72.8 Å². The molecule has 1 nitrogen and oxygen atoms in total. The van der Waals surface area contributed by atoms with Crippen molar-refractivity contribution in [2.75, 3.05) is 0 Å². The second kappa shape index (κ2) is 5.56. The molecule has 3 heteroatoms. The maximum absolute atomic E-state index is 5.94. The minimum Gasteiger partial charge on any atom is -0.236 e. The molecule has 0 saturated heterocycles. The minimum atomic E-state index is 0.759. The molecular formula is C19H12ClNS. The summed E-state index contributed by atoms with van der Waals surface area (Å²) in [6.07, 6.45) is 0. The molecule has 0 fully saturated rings. The molecule has 0 spiro atoms. The predicted octanol–water partition coefficient (Wildman–Crippen LogP) is 6.28. The summed E-state index contributed by atoms with van der Waals surface area (Å²) < 4.78 is 1.22. The Labute approximate surface area is 137 Å². The van der Waals surface area contributed by atoms with E-state index >= 15 is 0 Å². The molecule has 4 aromatic rings. The fourth-order valence-electron chi connectivity index (χ4n) is 2.44. The number of fused-ring (bicyclic) bond motifs is 1. The molecule has 0 radical (unpaired) electrons. The van der Waals surface area contributed by atoms with Crippen molar-refractivity contribution < 1.29 is 0 Å². The van der Waals surface area contributed by atoms with Crippen LogP contribution in [0.5, 0.6) is 0 Å². The van der Waals surface area contributed by atoms with Gasteiger partial charge in [-0.3, -0.25) is 0 Å². The van der Waals surface area contributed by atoms with E-state index in [0.717, 1.165) is 21.1 Å². The first-order chi connectivity index (χ1) is 10.8. The van der Waals surface area contributed by atoms with Crippen LogP contribution >= 0.6 is 22.9 Å². The zero-order chi connectivity index (χ0) is 14.9.